The second kappa shape index (κ2) is 6.43. The Bertz CT molecular complexity index is 815. The summed E-state index contributed by atoms with van der Waals surface area (Å²) in [5.41, 5.74) is 3.79. The van der Waals surface area contributed by atoms with E-state index in [1.54, 1.807) is 11.8 Å². The predicted molar refractivity (Wildman–Crippen MR) is 97.4 cm³/mol. The van der Waals surface area contributed by atoms with E-state index in [-0.39, 0.29) is 11.5 Å². The fourth-order valence-corrected chi connectivity index (χ4v) is 4.09. The standard InChI is InChI=1S/C20H25N3O3/c1-14-12-18(21-22(14)2)19(24)23-9-7-20(8-10-23)17-5-4-16(25-3)13-15(17)6-11-26-20/h4-5,12-13H,6-11H2,1-3H3. The van der Waals surface area contributed by atoms with Gasteiger partial charge in [0.25, 0.3) is 5.91 Å². The fourth-order valence-electron chi connectivity index (χ4n) is 4.09. The summed E-state index contributed by atoms with van der Waals surface area (Å²) in [4.78, 5) is 14.7. The van der Waals surface area contributed by atoms with Crippen molar-refractivity contribution in [2.75, 3.05) is 26.8 Å². The maximum atomic E-state index is 12.8. The van der Waals surface area contributed by atoms with Gasteiger partial charge >= 0.3 is 0 Å². The van der Waals surface area contributed by atoms with Crippen LogP contribution in [-0.2, 0) is 23.8 Å². The van der Waals surface area contributed by atoms with E-state index >= 15 is 0 Å². The van der Waals surface area contributed by atoms with Crippen molar-refractivity contribution < 1.29 is 14.3 Å². The Labute approximate surface area is 153 Å². The summed E-state index contributed by atoms with van der Waals surface area (Å²) in [7, 11) is 3.55. The Morgan fingerprint density at radius 1 is 1.27 bits per heavy atom. The molecule has 1 spiro atoms. The number of methoxy groups -OCH3 is 1. The molecule has 0 bridgehead atoms. The lowest BCUT2D eigenvalue weighted by atomic mass is 9.79. The number of amides is 1. The van der Waals surface area contributed by atoms with E-state index in [0.717, 1.165) is 30.7 Å². The zero-order chi connectivity index (χ0) is 18.3. The molecule has 138 valence electrons. The molecular weight excluding hydrogens is 330 g/mol. The maximum absolute atomic E-state index is 12.8. The number of fused-ring (bicyclic) bond motifs is 2. The molecule has 2 aliphatic heterocycles. The second-order valence-corrected chi connectivity index (χ2v) is 7.20. The number of nitrogens with zero attached hydrogens (tertiary/aromatic N) is 3. The highest BCUT2D eigenvalue weighted by Crippen LogP contribution is 2.42. The lowest BCUT2D eigenvalue weighted by molar-refractivity contribution is -0.0935. The Morgan fingerprint density at radius 2 is 2.04 bits per heavy atom. The van der Waals surface area contributed by atoms with Crippen molar-refractivity contribution in [3.8, 4) is 5.75 Å². The average molecular weight is 355 g/mol. The van der Waals surface area contributed by atoms with Crippen LogP contribution in [0.15, 0.2) is 24.3 Å². The number of carbonyl (C=O) groups is 1. The van der Waals surface area contributed by atoms with Gasteiger partial charge in [0.2, 0.25) is 0 Å². The molecule has 6 nitrogen and oxygen atoms in total. The molecule has 6 heteroatoms. The first-order chi connectivity index (χ1) is 12.5. The van der Waals surface area contributed by atoms with Crippen LogP contribution in [-0.4, -0.2) is 47.4 Å². The zero-order valence-corrected chi connectivity index (χ0v) is 15.6. The monoisotopic (exact) mass is 355 g/mol. The summed E-state index contributed by atoms with van der Waals surface area (Å²) >= 11 is 0. The number of ether oxygens (including phenoxy) is 2. The predicted octanol–water partition coefficient (Wildman–Crippen LogP) is 2.44. The van der Waals surface area contributed by atoms with Crippen LogP contribution in [0, 0.1) is 6.92 Å². The highest BCUT2D eigenvalue weighted by Gasteiger charge is 2.42. The smallest absolute Gasteiger partial charge is 0.274 e. The van der Waals surface area contributed by atoms with E-state index in [2.05, 4.69) is 17.2 Å². The first kappa shape index (κ1) is 17.1. The topological polar surface area (TPSA) is 56.6 Å². The summed E-state index contributed by atoms with van der Waals surface area (Å²) in [5.74, 6) is 0.897. The molecule has 0 N–H and O–H groups in total. The van der Waals surface area contributed by atoms with Gasteiger partial charge in [0.05, 0.1) is 19.3 Å². The van der Waals surface area contributed by atoms with Crippen molar-refractivity contribution in [1.82, 2.24) is 14.7 Å². The minimum Gasteiger partial charge on any atom is -0.497 e. The normalized spacial score (nSPS) is 18.7. The summed E-state index contributed by atoms with van der Waals surface area (Å²) in [5, 5.41) is 4.32. The van der Waals surface area contributed by atoms with Crippen molar-refractivity contribution in [1.29, 1.82) is 0 Å². The largest absolute Gasteiger partial charge is 0.497 e. The van der Waals surface area contributed by atoms with Gasteiger partial charge in [-0.25, -0.2) is 0 Å². The van der Waals surface area contributed by atoms with E-state index in [4.69, 9.17) is 9.47 Å². The fraction of sp³-hybridized carbons (Fsp3) is 0.500. The van der Waals surface area contributed by atoms with Gasteiger partial charge in [-0.15, -0.1) is 0 Å². The van der Waals surface area contributed by atoms with Gasteiger partial charge in [0.1, 0.15) is 5.75 Å². The molecule has 0 saturated carbocycles. The van der Waals surface area contributed by atoms with Gasteiger partial charge in [-0.2, -0.15) is 5.10 Å². The van der Waals surface area contributed by atoms with Crippen molar-refractivity contribution in [2.45, 2.75) is 31.8 Å². The van der Waals surface area contributed by atoms with Crippen LogP contribution in [0.4, 0.5) is 0 Å². The van der Waals surface area contributed by atoms with Gasteiger partial charge in [0.15, 0.2) is 5.69 Å². The molecule has 3 heterocycles. The van der Waals surface area contributed by atoms with Crippen molar-refractivity contribution in [3.05, 3.63) is 46.8 Å². The molecule has 0 radical (unpaired) electrons. The first-order valence-electron chi connectivity index (χ1n) is 9.14. The lowest BCUT2D eigenvalue weighted by Crippen LogP contribution is -2.48. The number of hydrogen-bond acceptors (Lipinski definition) is 4. The molecule has 1 aromatic carbocycles. The van der Waals surface area contributed by atoms with Gasteiger partial charge in [-0.1, -0.05) is 6.07 Å². The van der Waals surface area contributed by atoms with E-state index in [1.807, 2.05) is 31.0 Å². The van der Waals surface area contributed by atoms with Crippen LogP contribution in [0.1, 0.15) is 40.2 Å². The molecule has 2 aliphatic rings. The molecule has 0 unspecified atom stereocenters. The molecule has 1 saturated heterocycles. The summed E-state index contributed by atoms with van der Waals surface area (Å²) in [6, 6.07) is 8.11. The lowest BCUT2D eigenvalue weighted by Gasteiger charge is -2.45. The van der Waals surface area contributed by atoms with E-state index in [9.17, 15) is 4.79 Å². The van der Waals surface area contributed by atoms with Crippen LogP contribution in [0.5, 0.6) is 5.75 Å². The molecule has 2 aromatic rings. The van der Waals surface area contributed by atoms with Gasteiger partial charge in [-0.05, 0) is 55.5 Å². The minimum absolute atomic E-state index is 0.00862. The third-order valence-electron chi connectivity index (χ3n) is 5.74. The molecule has 1 fully saturated rings. The summed E-state index contributed by atoms with van der Waals surface area (Å²) < 4.78 is 13.4. The molecule has 26 heavy (non-hydrogen) atoms. The molecule has 1 aromatic heterocycles. The van der Waals surface area contributed by atoms with Gasteiger partial charge < -0.3 is 14.4 Å². The number of likely N-dealkylation sites (tertiary alicyclic amines) is 1. The van der Waals surface area contributed by atoms with E-state index < -0.39 is 0 Å². The third kappa shape index (κ3) is 2.78. The molecule has 0 aliphatic carbocycles. The Balaban J connectivity index is 1.53. The van der Waals surface area contributed by atoms with Crippen LogP contribution >= 0.6 is 0 Å². The Hall–Kier alpha value is -2.34. The molecule has 0 atom stereocenters. The number of hydrogen-bond donors (Lipinski definition) is 0. The highest BCUT2D eigenvalue weighted by molar-refractivity contribution is 5.92. The number of benzene rings is 1. The number of piperidine rings is 1. The SMILES string of the molecule is COc1ccc2c(c1)CCOC21CCN(C(=O)c2cc(C)n(C)n2)CC1. The van der Waals surface area contributed by atoms with Crippen molar-refractivity contribution in [3.63, 3.8) is 0 Å². The third-order valence-corrected chi connectivity index (χ3v) is 5.74. The van der Waals surface area contributed by atoms with Gasteiger partial charge in [0, 0.05) is 25.8 Å². The number of carbonyl (C=O) groups excluding carboxylic acids is 1. The van der Waals surface area contributed by atoms with Crippen molar-refractivity contribution in [2.24, 2.45) is 7.05 Å². The van der Waals surface area contributed by atoms with E-state index in [1.165, 1.54) is 11.1 Å². The zero-order valence-electron chi connectivity index (χ0n) is 15.6. The maximum Gasteiger partial charge on any atom is 0.274 e. The van der Waals surface area contributed by atoms with Crippen molar-refractivity contribution >= 4 is 5.91 Å². The van der Waals surface area contributed by atoms with E-state index in [0.29, 0.717) is 25.4 Å². The molecular formula is C20H25N3O3. The van der Waals surface area contributed by atoms with Crippen LogP contribution in [0.3, 0.4) is 0 Å². The molecule has 1 amide bonds. The number of aromatic nitrogens is 2. The minimum atomic E-state index is -0.281. The van der Waals surface area contributed by atoms with Gasteiger partial charge in [-0.3, -0.25) is 9.48 Å². The summed E-state index contributed by atoms with van der Waals surface area (Å²) in [6.07, 6.45) is 2.53. The quantitative estimate of drug-likeness (QED) is 0.830. The highest BCUT2D eigenvalue weighted by atomic mass is 16.5. The van der Waals surface area contributed by atoms with Crippen LogP contribution < -0.4 is 4.74 Å². The summed E-state index contributed by atoms with van der Waals surface area (Å²) in [6.45, 7) is 4.03. The number of aryl methyl sites for hydroxylation is 2. The number of rotatable bonds is 2. The second-order valence-electron chi connectivity index (χ2n) is 7.20. The van der Waals surface area contributed by atoms with Crippen LogP contribution in [0.25, 0.3) is 0 Å². The van der Waals surface area contributed by atoms with Crippen LogP contribution in [0.2, 0.25) is 0 Å². The Morgan fingerprint density at radius 3 is 2.69 bits per heavy atom. The average Bonchev–Trinajstić information content (AvgIpc) is 3.00. The first-order valence-corrected chi connectivity index (χ1v) is 9.14. The Kier molecular flexibility index (Phi) is 4.23. The molecule has 4 rings (SSSR count).